The molecule has 0 saturated carbocycles. The van der Waals surface area contributed by atoms with Crippen molar-refractivity contribution >= 4 is 17.6 Å². The Labute approximate surface area is 163 Å². The van der Waals surface area contributed by atoms with Crippen molar-refractivity contribution in [1.82, 2.24) is 0 Å². The van der Waals surface area contributed by atoms with Crippen LogP contribution in [0.5, 0.6) is 11.5 Å². The molecular formula is C21H13F2NO5. The van der Waals surface area contributed by atoms with Crippen molar-refractivity contribution in [1.29, 1.82) is 0 Å². The van der Waals surface area contributed by atoms with Crippen LogP contribution in [0.3, 0.4) is 0 Å². The second-order valence-corrected chi connectivity index (χ2v) is 6.21. The number of rotatable bonds is 4. The standard InChI is InChI=1S/C21H13F2NO5/c22-13-3-5-14(16(23)9-13)11-1-4-15(21(26)27)17(7-11)24-20(25)12-2-6-18-19(8-12)29-10-28-18/h1-9H,10H2,(H,24,25)(H,26,27). The average Bonchev–Trinajstić information content (AvgIpc) is 3.15. The number of halogens is 2. The summed E-state index contributed by atoms with van der Waals surface area (Å²) >= 11 is 0. The first-order valence-electron chi connectivity index (χ1n) is 8.46. The van der Waals surface area contributed by atoms with Crippen LogP contribution in [0.15, 0.2) is 54.6 Å². The Balaban J connectivity index is 1.69. The Hall–Kier alpha value is -3.94. The van der Waals surface area contributed by atoms with Gasteiger partial charge in [0.2, 0.25) is 6.79 Å². The van der Waals surface area contributed by atoms with Gasteiger partial charge >= 0.3 is 5.97 Å². The molecule has 3 aromatic rings. The number of anilines is 1. The Morgan fingerprint density at radius 2 is 1.72 bits per heavy atom. The number of amides is 1. The van der Waals surface area contributed by atoms with E-state index in [1.807, 2.05) is 0 Å². The second-order valence-electron chi connectivity index (χ2n) is 6.21. The van der Waals surface area contributed by atoms with E-state index in [2.05, 4.69) is 5.32 Å². The zero-order chi connectivity index (χ0) is 20.5. The first-order chi connectivity index (χ1) is 13.9. The molecule has 2 N–H and O–H groups in total. The number of carbonyl (C=O) groups is 2. The molecule has 0 aromatic heterocycles. The zero-order valence-corrected chi connectivity index (χ0v) is 14.7. The molecule has 8 heteroatoms. The molecule has 0 atom stereocenters. The summed E-state index contributed by atoms with van der Waals surface area (Å²) in [6.45, 7) is 0.0504. The Morgan fingerprint density at radius 1 is 0.931 bits per heavy atom. The first kappa shape index (κ1) is 18.4. The fraction of sp³-hybridized carbons (Fsp3) is 0.0476. The number of carbonyl (C=O) groups excluding carboxylic acids is 1. The largest absolute Gasteiger partial charge is 0.478 e. The minimum atomic E-state index is -1.27. The molecule has 4 rings (SSSR count). The zero-order valence-electron chi connectivity index (χ0n) is 14.7. The number of ether oxygens (including phenoxy) is 2. The van der Waals surface area contributed by atoms with E-state index < -0.39 is 23.5 Å². The van der Waals surface area contributed by atoms with E-state index in [4.69, 9.17) is 9.47 Å². The van der Waals surface area contributed by atoms with Crippen LogP contribution in [0, 0.1) is 11.6 Å². The SMILES string of the molecule is O=C(Nc1cc(-c2ccc(F)cc2F)ccc1C(=O)O)c1ccc2c(c1)OCO2. The van der Waals surface area contributed by atoms with Gasteiger partial charge in [-0.15, -0.1) is 0 Å². The van der Waals surface area contributed by atoms with E-state index in [1.54, 1.807) is 6.07 Å². The highest BCUT2D eigenvalue weighted by atomic mass is 19.1. The molecule has 0 radical (unpaired) electrons. The van der Waals surface area contributed by atoms with Crippen LogP contribution in [0.4, 0.5) is 14.5 Å². The van der Waals surface area contributed by atoms with Gasteiger partial charge in [-0.25, -0.2) is 13.6 Å². The van der Waals surface area contributed by atoms with Crippen LogP contribution in [-0.4, -0.2) is 23.8 Å². The van der Waals surface area contributed by atoms with E-state index in [0.29, 0.717) is 11.5 Å². The molecule has 29 heavy (non-hydrogen) atoms. The smallest absolute Gasteiger partial charge is 0.337 e. The number of aromatic carboxylic acids is 1. The fourth-order valence-corrected chi connectivity index (χ4v) is 2.96. The molecule has 0 fully saturated rings. The van der Waals surface area contributed by atoms with Crippen molar-refractivity contribution < 1.29 is 33.0 Å². The normalized spacial score (nSPS) is 11.9. The average molecular weight is 397 g/mol. The number of benzene rings is 3. The number of hydrogen-bond acceptors (Lipinski definition) is 4. The van der Waals surface area contributed by atoms with Gasteiger partial charge in [0.15, 0.2) is 11.5 Å². The van der Waals surface area contributed by atoms with Gasteiger partial charge < -0.3 is 19.9 Å². The highest BCUT2D eigenvalue weighted by molar-refractivity contribution is 6.08. The van der Waals surface area contributed by atoms with Crippen molar-refractivity contribution in [2.75, 3.05) is 12.1 Å². The highest BCUT2D eigenvalue weighted by Gasteiger charge is 2.19. The van der Waals surface area contributed by atoms with Crippen LogP contribution in [0.2, 0.25) is 0 Å². The number of hydrogen-bond donors (Lipinski definition) is 2. The molecule has 0 unspecified atom stereocenters. The summed E-state index contributed by atoms with van der Waals surface area (Å²) in [5.41, 5.74) is 0.381. The van der Waals surface area contributed by atoms with E-state index in [9.17, 15) is 23.5 Å². The van der Waals surface area contributed by atoms with Crippen molar-refractivity contribution in [2.45, 2.75) is 0 Å². The molecule has 146 valence electrons. The van der Waals surface area contributed by atoms with Crippen molar-refractivity contribution in [2.24, 2.45) is 0 Å². The lowest BCUT2D eigenvalue weighted by molar-refractivity contribution is 0.0698. The topological polar surface area (TPSA) is 84.9 Å². The summed E-state index contributed by atoms with van der Waals surface area (Å²) in [6, 6.07) is 11.6. The number of nitrogens with one attached hydrogen (secondary N) is 1. The van der Waals surface area contributed by atoms with Crippen molar-refractivity contribution in [3.8, 4) is 22.6 Å². The molecule has 0 spiro atoms. The molecule has 6 nitrogen and oxygen atoms in total. The second kappa shape index (κ2) is 7.23. The van der Waals surface area contributed by atoms with Crippen LogP contribution in [-0.2, 0) is 0 Å². The monoisotopic (exact) mass is 397 g/mol. The Kier molecular flexibility index (Phi) is 4.59. The third-order valence-electron chi connectivity index (χ3n) is 4.38. The van der Waals surface area contributed by atoms with E-state index in [1.165, 1.54) is 36.4 Å². The van der Waals surface area contributed by atoms with Gasteiger partial charge in [-0.1, -0.05) is 6.07 Å². The van der Waals surface area contributed by atoms with Gasteiger partial charge in [-0.3, -0.25) is 4.79 Å². The molecule has 1 amide bonds. The van der Waals surface area contributed by atoms with Gasteiger partial charge in [0.1, 0.15) is 11.6 Å². The molecule has 0 aliphatic carbocycles. The molecule has 1 aliphatic rings. The van der Waals surface area contributed by atoms with Gasteiger partial charge in [0, 0.05) is 17.2 Å². The quantitative estimate of drug-likeness (QED) is 0.685. The van der Waals surface area contributed by atoms with Gasteiger partial charge in [0.25, 0.3) is 5.91 Å². The Bertz CT molecular complexity index is 1150. The molecular weight excluding hydrogens is 384 g/mol. The van der Waals surface area contributed by atoms with Crippen molar-refractivity contribution in [3.05, 3.63) is 77.4 Å². The maximum absolute atomic E-state index is 14.1. The summed E-state index contributed by atoms with van der Waals surface area (Å²) in [4.78, 5) is 24.2. The fourth-order valence-electron chi connectivity index (χ4n) is 2.96. The minimum Gasteiger partial charge on any atom is -0.478 e. The third kappa shape index (κ3) is 3.60. The maximum atomic E-state index is 14.1. The van der Waals surface area contributed by atoms with E-state index >= 15 is 0 Å². The minimum absolute atomic E-state index is 0.0265. The number of carboxylic acid groups (broad SMARTS) is 1. The van der Waals surface area contributed by atoms with Gasteiger partial charge in [-0.05, 0) is 48.0 Å². The van der Waals surface area contributed by atoms with Gasteiger partial charge in [0.05, 0.1) is 11.3 Å². The highest BCUT2D eigenvalue weighted by Crippen LogP contribution is 2.33. The molecule has 3 aromatic carbocycles. The molecule has 1 aliphatic heterocycles. The first-order valence-corrected chi connectivity index (χ1v) is 8.46. The predicted octanol–water partition coefficient (Wildman–Crippen LogP) is 4.31. The summed E-state index contributed by atoms with van der Waals surface area (Å²) in [5.74, 6) is -2.48. The van der Waals surface area contributed by atoms with Crippen LogP contribution >= 0.6 is 0 Å². The Morgan fingerprint density at radius 3 is 2.48 bits per heavy atom. The number of carboxylic acids is 1. The van der Waals surface area contributed by atoms with E-state index in [0.717, 1.165) is 12.1 Å². The molecule has 1 heterocycles. The lowest BCUT2D eigenvalue weighted by Crippen LogP contribution is -2.15. The lowest BCUT2D eigenvalue weighted by atomic mass is 10.0. The van der Waals surface area contributed by atoms with Gasteiger partial charge in [-0.2, -0.15) is 0 Å². The van der Waals surface area contributed by atoms with E-state index in [-0.39, 0.29) is 34.7 Å². The summed E-state index contributed by atoms with van der Waals surface area (Å²) in [5, 5.41) is 11.9. The van der Waals surface area contributed by atoms with Crippen LogP contribution < -0.4 is 14.8 Å². The van der Waals surface area contributed by atoms with Crippen LogP contribution in [0.25, 0.3) is 11.1 Å². The van der Waals surface area contributed by atoms with Crippen molar-refractivity contribution in [3.63, 3.8) is 0 Å². The summed E-state index contributed by atoms with van der Waals surface area (Å²) < 4.78 is 37.7. The lowest BCUT2D eigenvalue weighted by Gasteiger charge is -2.12. The molecule has 0 saturated heterocycles. The summed E-state index contributed by atoms with van der Waals surface area (Å²) in [7, 11) is 0. The number of fused-ring (bicyclic) bond motifs is 1. The maximum Gasteiger partial charge on any atom is 0.337 e. The third-order valence-corrected chi connectivity index (χ3v) is 4.38. The van der Waals surface area contributed by atoms with Crippen LogP contribution in [0.1, 0.15) is 20.7 Å². The predicted molar refractivity (Wildman–Crippen MR) is 99.3 cm³/mol. The molecule has 0 bridgehead atoms. The summed E-state index contributed by atoms with van der Waals surface area (Å²) in [6.07, 6.45) is 0.